The van der Waals surface area contributed by atoms with Crippen LogP contribution in [0.25, 0.3) is 0 Å². The van der Waals surface area contributed by atoms with Gasteiger partial charge >= 0.3 is 6.09 Å². The van der Waals surface area contributed by atoms with Gasteiger partial charge in [0, 0.05) is 19.7 Å². The molecule has 2 aliphatic heterocycles. The summed E-state index contributed by atoms with van der Waals surface area (Å²) >= 11 is 0. The molecule has 21 heavy (non-hydrogen) atoms. The molecule has 0 N–H and O–H groups in total. The SMILES string of the molecule is CC(C)(C)OC(=O)N1CCn2c(nnc2[C@H]2CCCO2)C1. The first kappa shape index (κ1) is 14.3. The van der Waals surface area contributed by atoms with Crippen LogP contribution in [0.3, 0.4) is 0 Å². The van der Waals surface area contributed by atoms with E-state index in [1.807, 2.05) is 20.8 Å². The number of ether oxygens (including phenoxy) is 2. The lowest BCUT2D eigenvalue weighted by Gasteiger charge is -2.30. The molecular formula is C14H22N4O3. The van der Waals surface area contributed by atoms with Crippen LogP contribution in [0.2, 0.25) is 0 Å². The Morgan fingerprint density at radius 3 is 2.81 bits per heavy atom. The van der Waals surface area contributed by atoms with Gasteiger partial charge in [0.2, 0.25) is 0 Å². The first-order valence-electron chi connectivity index (χ1n) is 7.45. The van der Waals surface area contributed by atoms with Crippen LogP contribution in [-0.2, 0) is 22.6 Å². The predicted molar refractivity (Wildman–Crippen MR) is 74.6 cm³/mol. The minimum absolute atomic E-state index is 0.0549. The van der Waals surface area contributed by atoms with Crippen molar-refractivity contribution in [3.63, 3.8) is 0 Å². The lowest BCUT2D eigenvalue weighted by Crippen LogP contribution is -2.42. The fraction of sp³-hybridized carbons (Fsp3) is 0.786. The molecule has 0 unspecified atom stereocenters. The molecule has 1 amide bonds. The highest BCUT2D eigenvalue weighted by molar-refractivity contribution is 5.68. The Morgan fingerprint density at radius 1 is 1.33 bits per heavy atom. The molecule has 1 atom stereocenters. The highest BCUT2D eigenvalue weighted by Crippen LogP contribution is 2.29. The molecular weight excluding hydrogens is 272 g/mol. The predicted octanol–water partition coefficient (Wildman–Crippen LogP) is 1.88. The molecule has 7 heteroatoms. The van der Waals surface area contributed by atoms with Gasteiger partial charge in [0.05, 0.1) is 6.54 Å². The number of hydrogen-bond acceptors (Lipinski definition) is 5. The zero-order valence-corrected chi connectivity index (χ0v) is 12.8. The summed E-state index contributed by atoms with van der Waals surface area (Å²) in [5, 5.41) is 8.47. The van der Waals surface area contributed by atoms with E-state index in [9.17, 15) is 4.79 Å². The molecule has 0 saturated carbocycles. The van der Waals surface area contributed by atoms with Crippen molar-refractivity contribution in [3.8, 4) is 0 Å². The van der Waals surface area contributed by atoms with Gasteiger partial charge in [-0.05, 0) is 33.6 Å². The van der Waals surface area contributed by atoms with E-state index in [1.165, 1.54) is 0 Å². The van der Waals surface area contributed by atoms with Gasteiger partial charge in [0.15, 0.2) is 11.6 Å². The second-order valence-electron chi connectivity index (χ2n) is 6.53. The zero-order chi connectivity index (χ0) is 15.0. The summed E-state index contributed by atoms with van der Waals surface area (Å²) in [6.07, 6.45) is 1.82. The Kier molecular flexibility index (Phi) is 3.61. The van der Waals surface area contributed by atoms with Gasteiger partial charge in [-0.2, -0.15) is 0 Å². The van der Waals surface area contributed by atoms with Crippen molar-refractivity contribution in [3.05, 3.63) is 11.6 Å². The summed E-state index contributed by atoms with van der Waals surface area (Å²) in [6, 6.07) is 0. The number of fused-ring (bicyclic) bond motifs is 1. The number of nitrogens with zero attached hydrogens (tertiary/aromatic N) is 4. The van der Waals surface area contributed by atoms with Crippen molar-refractivity contribution in [2.24, 2.45) is 0 Å². The molecule has 3 heterocycles. The standard InChI is InChI=1S/C14H22N4O3/c1-14(2,3)21-13(19)17-6-7-18-11(9-17)15-16-12(18)10-5-4-8-20-10/h10H,4-9H2,1-3H3/t10-/m1/s1. The number of amides is 1. The number of carbonyl (C=O) groups is 1. The Balaban J connectivity index is 1.70. The highest BCUT2D eigenvalue weighted by Gasteiger charge is 2.31. The van der Waals surface area contributed by atoms with Crippen LogP contribution in [0, 0.1) is 0 Å². The minimum Gasteiger partial charge on any atom is -0.444 e. The third kappa shape index (κ3) is 3.02. The van der Waals surface area contributed by atoms with Gasteiger partial charge in [-0.1, -0.05) is 0 Å². The normalized spacial score (nSPS) is 22.2. The van der Waals surface area contributed by atoms with Gasteiger partial charge in [-0.25, -0.2) is 4.79 Å². The van der Waals surface area contributed by atoms with E-state index < -0.39 is 5.60 Å². The Labute approximate surface area is 124 Å². The molecule has 0 radical (unpaired) electrons. The maximum atomic E-state index is 12.1. The summed E-state index contributed by atoms with van der Waals surface area (Å²) < 4.78 is 13.2. The topological polar surface area (TPSA) is 69.5 Å². The number of rotatable bonds is 1. The molecule has 0 aromatic carbocycles. The van der Waals surface area contributed by atoms with Crippen LogP contribution in [0.5, 0.6) is 0 Å². The Morgan fingerprint density at radius 2 is 2.14 bits per heavy atom. The van der Waals surface area contributed by atoms with E-state index in [1.54, 1.807) is 4.90 Å². The van der Waals surface area contributed by atoms with Crippen molar-refractivity contribution in [1.29, 1.82) is 0 Å². The molecule has 1 aromatic rings. The molecule has 7 nitrogen and oxygen atoms in total. The third-order valence-electron chi connectivity index (χ3n) is 3.65. The largest absolute Gasteiger partial charge is 0.444 e. The first-order valence-corrected chi connectivity index (χ1v) is 7.45. The molecule has 0 aliphatic carbocycles. The van der Waals surface area contributed by atoms with Crippen LogP contribution >= 0.6 is 0 Å². The molecule has 2 aliphatic rings. The number of aromatic nitrogens is 3. The molecule has 0 bridgehead atoms. The number of carbonyl (C=O) groups excluding carboxylic acids is 1. The molecule has 1 fully saturated rings. The lowest BCUT2D eigenvalue weighted by atomic mass is 10.2. The van der Waals surface area contributed by atoms with Crippen molar-refractivity contribution < 1.29 is 14.3 Å². The monoisotopic (exact) mass is 294 g/mol. The van der Waals surface area contributed by atoms with Gasteiger partial charge in [0.1, 0.15) is 11.7 Å². The summed E-state index contributed by atoms with van der Waals surface area (Å²) in [6.45, 7) is 8.13. The zero-order valence-electron chi connectivity index (χ0n) is 12.8. The van der Waals surface area contributed by atoms with E-state index in [4.69, 9.17) is 9.47 Å². The van der Waals surface area contributed by atoms with E-state index in [0.29, 0.717) is 19.6 Å². The summed E-state index contributed by atoms with van der Waals surface area (Å²) in [5.41, 5.74) is -0.481. The highest BCUT2D eigenvalue weighted by atomic mass is 16.6. The van der Waals surface area contributed by atoms with Crippen LogP contribution in [0.15, 0.2) is 0 Å². The third-order valence-corrected chi connectivity index (χ3v) is 3.65. The van der Waals surface area contributed by atoms with E-state index in [0.717, 1.165) is 31.1 Å². The maximum Gasteiger partial charge on any atom is 0.410 e. The average Bonchev–Trinajstić information content (AvgIpc) is 3.04. The summed E-state index contributed by atoms with van der Waals surface area (Å²) in [4.78, 5) is 13.8. The fourth-order valence-electron chi connectivity index (χ4n) is 2.68. The fourth-order valence-corrected chi connectivity index (χ4v) is 2.68. The van der Waals surface area contributed by atoms with Gasteiger partial charge < -0.3 is 14.0 Å². The molecule has 1 aromatic heterocycles. The maximum absolute atomic E-state index is 12.1. The van der Waals surface area contributed by atoms with Crippen LogP contribution in [0.1, 0.15) is 51.4 Å². The first-order chi connectivity index (χ1) is 9.94. The van der Waals surface area contributed by atoms with Gasteiger partial charge in [0.25, 0.3) is 0 Å². The Bertz CT molecular complexity index is 529. The minimum atomic E-state index is -0.481. The van der Waals surface area contributed by atoms with E-state index in [-0.39, 0.29) is 12.2 Å². The van der Waals surface area contributed by atoms with Crippen molar-refractivity contribution >= 4 is 6.09 Å². The van der Waals surface area contributed by atoms with Crippen molar-refractivity contribution in [1.82, 2.24) is 19.7 Å². The second kappa shape index (κ2) is 5.29. The number of hydrogen-bond donors (Lipinski definition) is 0. The smallest absolute Gasteiger partial charge is 0.410 e. The molecule has 3 rings (SSSR count). The quantitative estimate of drug-likeness (QED) is 0.791. The Hall–Kier alpha value is -1.63. The molecule has 0 spiro atoms. The van der Waals surface area contributed by atoms with Crippen LogP contribution in [0.4, 0.5) is 4.79 Å². The average molecular weight is 294 g/mol. The van der Waals surface area contributed by atoms with Crippen LogP contribution < -0.4 is 0 Å². The lowest BCUT2D eigenvalue weighted by molar-refractivity contribution is 0.0190. The van der Waals surface area contributed by atoms with E-state index in [2.05, 4.69) is 14.8 Å². The molecule has 1 saturated heterocycles. The molecule has 116 valence electrons. The van der Waals surface area contributed by atoms with Gasteiger partial charge in [-0.3, -0.25) is 4.90 Å². The summed E-state index contributed by atoms with van der Waals surface area (Å²) in [5.74, 6) is 1.70. The van der Waals surface area contributed by atoms with Crippen molar-refractivity contribution in [2.45, 2.75) is 58.4 Å². The van der Waals surface area contributed by atoms with Crippen LogP contribution in [-0.4, -0.2) is 44.5 Å². The summed E-state index contributed by atoms with van der Waals surface area (Å²) in [7, 11) is 0. The van der Waals surface area contributed by atoms with Crippen molar-refractivity contribution in [2.75, 3.05) is 13.2 Å². The van der Waals surface area contributed by atoms with E-state index >= 15 is 0 Å². The van der Waals surface area contributed by atoms with Gasteiger partial charge in [-0.15, -0.1) is 10.2 Å². The second-order valence-corrected chi connectivity index (χ2v) is 6.53.